The summed E-state index contributed by atoms with van der Waals surface area (Å²) in [7, 11) is 0. The summed E-state index contributed by atoms with van der Waals surface area (Å²) in [6, 6.07) is 2.02. The lowest BCUT2D eigenvalue weighted by Crippen LogP contribution is -2.15. The molecule has 0 radical (unpaired) electrons. The van der Waals surface area contributed by atoms with Crippen LogP contribution in [0, 0.1) is 0 Å². The van der Waals surface area contributed by atoms with Crippen molar-refractivity contribution in [1.29, 1.82) is 0 Å². The topological polar surface area (TPSA) is 46.5 Å². The molecule has 3 heteroatoms. The van der Waals surface area contributed by atoms with Crippen LogP contribution in [0.15, 0.2) is 12.1 Å². The van der Waals surface area contributed by atoms with E-state index in [2.05, 4.69) is 20.8 Å². The third kappa shape index (κ3) is 3.52. The minimum absolute atomic E-state index is 0.136. The van der Waals surface area contributed by atoms with Gasteiger partial charge in [-0.15, -0.1) is 0 Å². The van der Waals surface area contributed by atoms with Crippen molar-refractivity contribution in [3.05, 3.63) is 34.4 Å². The van der Waals surface area contributed by atoms with Gasteiger partial charge in [0.1, 0.15) is 5.75 Å². The van der Waals surface area contributed by atoms with Gasteiger partial charge in [-0.25, -0.2) is 4.79 Å². The Balaban J connectivity index is 2.50. The van der Waals surface area contributed by atoms with Crippen molar-refractivity contribution >= 4 is 12.0 Å². The second-order valence-corrected chi connectivity index (χ2v) is 6.86. The molecular formula is C19H26O3. The van der Waals surface area contributed by atoms with Gasteiger partial charge in [0, 0.05) is 11.6 Å². The van der Waals surface area contributed by atoms with Crippen LogP contribution >= 0.6 is 0 Å². The fourth-order valence-corrected chi connectivity index (χ4v) is 3.03. The highest BCUT2D eigenvalue weighted by Gasteiger charge is 2.25. The fraction of sp³-hybridized carbons (Fsp3) is 0.526. The van der Waals surface area contributed by atoms with Crippen LogP contribution in [-0.4, -0.2) is 17.7 Å². The first-order valence-electron chi connectivity index (χ1n) is 8.07. The van der Waals surface area contributed by atoms with E-state index in [4.69, 9.17) is 4.74 Å². The molecule has 0 aliphatic heterocycles. The van der Waals surface area contributed by atoms with E-state index < -0.39 is 0 Å². The molecular weight excluding hydrogens is 276 g/mol. The molecule has 120 valence electrons. The average molecular weight is 302 g/mol. The van der Waals surface area contributed by atoms with Crippen molar-refractivity contribution in [2.45, 2.75) is 58.8 Å². The third-order valence-electron chi connectivity index (χ3n) is 4.15. The number of aromatic hydroxyl groups is 1. The summed E-state index contributed by atoms with van der Waals surface area (Å²) in [5, 5.41) is 10.6. The van der Waals surface area contributed by atoms with Crippen molar-refractivity contribution in [3.8, 4) is 5.75 Å². The molecule has 2 rings (SSSR count). The molecule has 0 saturated heterocycles. The van der Waals surface area contributed by atoms with Gasteiger partial charge >= 0.3 is 5.97 Å². The third-order valence-corrected chi connectivity index (χ3v) is 4.15. The molecule has 1 aliphatic carbocycles. The molecule has 0 spiro atoms. The van der Waals surface area contributed by atoms with Crippen molar-refractivity contribution in [1.82, 2.24) is 0 Å². The first-order chi connectivity index (χ1) is 10.3. The predicted molar refractivity (Wildman–Crippen MR) is 89.1 cm³/mol. The maximum absolute atomic E-state index is 11.6. The second kappa shape index (κ2) is 6.55. The quantitative estimate of drug-likeness (QED) is 0.674. The van der Waals surface area contributed by atoms with E-state index in [1.165, 1.54) is 11.6 Å². The number of ether oxygens (including phenoxy) is 1. The van der Waals surface area contributed by atoms with Crippen LogP contribution in [0.1, 0.15) is 62.8 Å². The first-order valence-corrected chi connectivity index (χ1v) is 8.07. The molecule has 1 aliphatic rings. The van der Waals surface area contributed by atoms with Gasteiger partial charge < -0.3 is 9.84 Å². The van der Waals surface area contributed by atoms with E-state index in [0.717, 1.165) is 42.4 Å². The van der Waals surface area contributed by atoms with Crippen molar-refractivity contribution in [2.75, 3.05) is 6.61 Å². The second-order valence-electron chi connectivity index (χ2n) is 6.86. The van der Waals surface area contributed by atoms with Gasteiger partial charge in [-0.2, -0.15) is 0 Å². The van der Waals surface area contributed by atoms with Crippen LogP contribution in [-0.2, 0) is 27.8 Å². The molecule has 3 nitrogen and oxygen atoms in total. The number of phenolic OH excluding ortho intramolecular Hbond substituents is 1. The lowest BCUT2D eigenvalue weighted by atomic mass is 9.79. The summed E-state index contributed by atoms with van der Waals surface area (Å²) in [6.45, 7) is 8.46. The minimum Gasteiger partial charge on any atom is -0.507 e. The Morgan fingerprint density at radius 1 is 1.27 bits per heavy atom. The Morgan fingerprint density at radius 3 is 2.50 bits per heavy atom. The summed E-state index contributed by atoms with van der Waals surface area (Å²) in [4.78, 5) is 11.6. The molecule has 0 atom stereocenters. The van der Waals surface area contributed by atoms with E-state index in [1.807, 2.05) is 12.1 Å². The number of benzene rings is 1. The number of hydrogen-bond acceptors (Lipinski definition) is 3. The summed E-state index contributed by atoms with van der Waals surface area (Å²) >= 11 is 0. The molecule has 1 N–H and O–H groups in total. The highest BCUT2D eigenvalue weighted by Crippen LogP contribution is 2.40. The summed E-state index contributed by atoms with van der Waals surface area (Å²) in [5.74, 6) is 0.118. The first kappa shape index (κ1) is 16.6. The van der Waals surface area contributed by atoms with Crippen molar-refractivity contribution in [3.63, 3.8) is 0 Å². The molecule has 0 amide bonds. The zero-order valence-electron chi connectivity index (χ0n) is 14.0. The van der Waals surface area contributed by atoms with Crippen LogP contribution in [0.3, 0.4) is 0 Å². The van der Waals surface area contributed by atoms with E-state index in [1.54, 1.807) is 6.92 Å². The van der Waals surface area contributed by atoms with Gasteiger partial charge in [0.05, 0.1) is 6.61 Å². The van der Waals surface area contributed by atoms with Gasteiger partial charge in [0.15, 0.2) is 0 Å². The lowest BCUT2D eigenvalue weighted by Gasteiger charge is -2.27. The summed E-state index contributed by atoms with van der Waals surface area (Å²) < 4.78 is 4.95. The number of rotatable bonds is 3. The maximum Gasteiger partial charge on any atom is 0.330 e. The largest absolute Gasteiger partial charge is 0.507 e. The summed E-state index contributed by atoms with van der Waals surface area (Å²) in [6.07, 6.45) is 7.41. The zero-order valence-corrected chi connectivity index (χ0v) is 14.0. The van der Waals surface area contributed by atoms with Gasteiger partial charge in [0.2, 0.25) is 0 Å². The highest BCUT2D eigenvalue weighted by molar-refractivity contribution is 5.87. The molecule has 1 aromatic rings. The van der Waals surface area contributed by atoms with Gasteiger partial charge in [-0.1, -0.05) is 20.8 Å². The van der Waals surface area contributed by atoms with Crippen LogP contribution in [0.4, 0.5) is 0 Å². The Morgan fingerprint density at radius 2 is 1.91 bits per heavy atom. The van der Waals surface area contributed by atoms with Crippen LogP contribution in [0.25, 0.3) is 6.08 Å². The zero-order chi connectivity index (χ0) is 16.3. The van der Waals surface area contributed by atoms with Crippen LogP contribution in [0.2, 0.25) is 0 Å². The number of carbonyl (C=O) groups excluding carboxylic acids is 1. The fourth-order valence-electron chi connectivity index (χ4n) is 3.03. The smallest absolute Gasteiger partial charge is 0.330 e. The molecule has 0 bridgehead atoms. The predicted octanol–water partition coefficient (Wildman–Crippen LogP) is 4.14. The average Bonchev–Trinajstić information content (AvgIpc) is 2.46. The van der Waals surface area contributed by atoms with E-state index >= 15 is 0 Å². The van der Waals surface area contributed by atoms with Gasteiger partial charge in [-0.05, 0) is 66.9 Å². The molecule has 22 heavy (non-hydrogen) atoms. The van der Waals surface area contributed by atoms with Gasteiger partial charge in [-0.3, -0.25) is 0 Å². The SMILES string of the molecule is CCOC(=O)C=Cc1cc(C(C)(C)C)c(O)c2c1CCCC2. The highest BCUT2D eigenvalue weighted by atomic mass is 16.5. The molecule has 0 saturated carbocycles. The lowest BCUT2D eigenvalue weighted by molar-refractivity contribution is -0.137. The minimum atomic E-state index is -0.322. The van der Waals surface area contributed by atoms with E-state index in [-0.39, 0.29) is 11.4 Å². The maximum atomic E-state index is 11.6. The number of hydrogen-bond donors (Lipinski definition) is 1. The molecule has 0 fully saturated rings. The van der Waals surface area contributed by atoms with Crippen LogP contribution < -0.4 is 0 Å². The van der Waals surface area contributed by atoms with E-state index in [9.17, 15) is 9.90 Å². The Labute approximate surface area is 133 Å². The summed E-state index contributed by atoms with van der Waals surface area (Å²) in [5.41, 5.74) is 4.07. The van der Waals surface area contributed by atoms with Gasteiger partial charge in [0.25, 0.3) is 0 Å². The normalized spacial score (nSPS) is 14.9. The molecule has 0 heterocycles. The van der Waals surface area contributed by atoms with Crippen molar-refractivity contribution < 1.29 is 14.6 Å². The number of fused-ring (bicyclic) bond motifs is 1. The van der Waals surface area contributed by atoms with E-state index in [0.29, 0.717) is 12.4 Å². The molecule has 0 aromatic heterocycles. The standard InChI is InChI=1S/C19H26O3/c1-5-22-17(20)11-10-13-12-16(19(2,3)4)18(21)15-9-7-6-8-14(13)15/h10-12,21H,5-9H2,1-4H3. The Kier molecular flexibility index (Phi) is 4.94. The van der Waals surface area contributed by atoms with Crippen LogP contribution in [0.5, 0.6) is 5.75 Å². The molecule has 1 aromatic carbocycles. The number of phenols is 1. The monoisotopic (exact) mass is 302 g/mol. The number of carbonyl (C=O) groups is 1. The van der Waals surface area contributed by atoms with Crippen molar-refractivity contribution in [2.24, 2.45) is 0 Å². The Hall–Kier alpha value is -1.77. The Bertz CT molecular complexity index is 592. The molecule has 0 unspecified atom stereocenters. The number of esters is 1.